The van der Waals surface area contributed by atoms with E-state index in [1.54, 1.807) is 24.3 Å². The maximum atomic E-state index is 10.8. The Morgan fingerprint density at radius 1 is 1.47 bits per heavy atom. The first-order valence-electron chi connectivity index (χ1n) is 4.96. The van der Waals surface area contributed by atoms with Crippen molar-refractivity contribution in [2.24, 2.45) is 5.92 Å². The van der Waals surface area contributed by atoms with Gasteiger partial charge in [-0.25, -0.2) is 0 Å². The van der Waals surface area contributed by atoms with E-state index in [1.165, 1.54) is 14.2 Å². The normalized spacial score (nSPS) is 11.4. The zero-order chi connectivity index (χ0) is 12.8. The third kappa shape index (κ3) is 2.88. The van der Waals surface area contributed by atoms with Crippen molar-refractivity contribution in [3.05, 3.63) is 23.8 Å². The molecule has 0 aromatic heterocycles. The van der Waals surface area contributed by atoms with Gasteiger partial charge in [-0.15, -0.1) is 0 Å². The minimum Gasteiger partial charge on any atom is -0.493 e. The van der Waals surface area contributed by atoms with Crippen LogP contribution < -0.4 is 9.47 Å². The standard InChI is InChI=1S/C12H13NO4/c1-16-10-5-3-4-8(11(10)17-2)6-9(7-13)12(14)15/h3-5,9H,6H2,1-2H3,(H,14,15)/t9-/m1/s1. The molecule has 90 valence electrons. The van der Waals surface area contributed by atoms with Gasteiger partial charge in [-0.2, -0.15) is 5.26 Å². The summed E-state index contributed by atoms with van der Waals surface area (Å²) in [5.74, 6) is -1.24. The van der Waals surface area contributed by atoms with E-state index in [2.05, 4.69) is 0 Å². The van der Waals surface area contributed by atoms with Crippen molar-refractivity contribution >= 4 is 5.97 Å². The van der Waals surface area contributed by atoms with Crippen LogP contribution in [0.4, 0.5) is 0 Å². The summed E-state index contributed by atoms with van der Waals surface area (Å²) in [4.78, 5) is 10.8. The molecule has 5 heteroatoms. The Hall–Kier alpha value is -2.22. The highest BCUT2D eigenvalue weighted by Gasteiger charge is 2.20. The molecule has 1 aromatic rings. The van der Waals surface area contributed by atoms with Crippen LogP contribution in [0.25, 0.3) is 0 Å². The van der Waals surface area contributed by atoms with Gasteiger partial charge in [0.05, 0.1) is 20.3 Å². The number of hydrogen-bond donors (Lipinski definition) is 1. The number of carboxylic acid groups (broad SMARTS) is 1. The van der Waals surface area contributed by atoms with Gasteiger partial charge in [0, 0.05) is 6.42 Å². The summed E-state index contributed by atoms with van der Waals surface area (Å²) < 4.78 is 10.3. The van der Waals surface area contributed by atoms with Gasteiger partial charge in [-0.3, -0.25) is 4.79 Å². The topological polar surface area (TPSA) is 79.5 Å². The molecule has 0 bridgehead atoms. The molecule has 0 fully saturated rings. The van der Waals surface area contributed by atoms with Crippen LogP contribution in [0.15, 0.2) is 18.2 Å². The lowest BCUT2D eigenvalue weighted by Crippen LogP contribution is -2.14. The van der Waals surface area contributed by atoms with E-state index < -0.39 is 11.9 Å². The van der Waals surface area contributed by atoms with Gasteiger partial charge in [-0.05, 0) is 11.6 Å². The fourth-order valence-corrected chi connectivity index (χ4v) is 1.52. The Bertz CT molecular complexity index is 450. The molecule has 0 aliphatic heterocycles. The van der Waals surface area contributed by atoms with Crippen molar-refractivity contribution in [1.29, 1.82) is 5.26 Å². The molecule has 1 aromatic carbocycles. The molecule has 1 N–H and O–H groups in total. The van der Waals surface area contributed by atoms with E-state index in [0.29, 0.717) is 17.1 Å². The lowest BCUT2D eigenvalue weighted by molar-refractivity contribution is -0.139. The van der Waals surface area contributed by atoms with Gasteiger partial charge < -0.3 is 14.6 Å². The van der Waals surface area contributed by atoms with Crippen LogP contribution in [-0.4, -0.2) is 25.3 Å². The molecule has 0 spiro atoms. The second-order valence-electron chi connectivity index (χ2n) is 3.38. The van der Waals surface area contributed by atoms with Crippen LogP contribution in [0.1, 0.15) is 5.56 Å². The number of carbonyl (C=O) groups is 1. The number of aliphatic carboxylic acids is 1. The Balaban J connectivity index is 3.06. The number of ether oxygens (including phenoxy) is 2. The number of benzene rings is 1. The summed E-state index contributed by atoms with van der Waals surface area (Å²) in [7, 11) is 2.98. The summed E-state index contributed by atoms with van der Waals surface area (Å²) in [6.45, 7) is 0. The summed E-state index contributed by atoms with van der Waals surface area (Å²) in [6.07, 6.45) is 0.0895. The van der Waals surface area contributed by atoms with Crippen molar-refractivity contribution in [2.45, 2.75) is 6.42 Å². The van der Waals surface area contributed by atoms with E-state index in [9.17, 15) is 4.79 Å². The number of carboxylic acids is 1. The number of rotatable bonds is 5. The molecule has 0 unspecified atom stereocenters. The molecule has 0 radical (unpaired) electrons. The molecule has 1 atom stereocenters. The van der Waals surface area contributed by atoms with E-state index in [-0.39, 0.29) is 6.42 Å². The fraction of sp³-hybridized carbons (Fsp3) is 0.333. The summed E-state index contributed by atoms with van der Waals surface area (Å²) >= 11 is 0. The molecular weight excluding hydrogens is 222 g/mol. The molecule has 0 aliphatic carbocycles. The maximum Gasteiger partial charge on any atom is 0.321 e. The predicted octanol–water partition coefficient (Wildman–Crippen LogP) is 1.47. The molecule has 1 rings (SSSR count). The van der Waals surface area contributed by atoms with E-state index >= 15 is 0 Å². The van der Waals surface area contributed by atoms with E-state index in [0.717, 1.165) is 0 Å². The highest BCUT2D eigenvalue weighted by molar-refractivity contribution is 5.73. The van der Waals surface area contributed by atoms with Crippen LogP contribution in [-0.2, 0) is 11.2 Å². The van der Waals surface area contributed by atoms with Crippen LogP contribution in [0.2, 0.25) is 0 Å². The number of para-hydroxylation sites is 1. The van der Waals surface area contributed by atoms with Crippen LogP contribution in [0, 0.1) is 17.2 Å². The number of nitrogens with zero attached hydrogens (tertiary/aromatic N) is 1. The van der Waals surface area contributed by atoms with Crippen molar-refractivity contribution in [2.75, 3.05) is 14.2 Å². The highest BCUT2D eigenvalue weighted by atomic mass is 16.5. The molecule has 0 aliphatic rings. The second kappa shape index (κ2) is 5.75. The Morgan fingerprint density at radius 3 is 2.65 bits per heavy atom. The largest absolute Gasteiger partial charge is 0.493 e. The Labute approximate surface area is 99.2 Å². The zero-order valence-electron chi connectivity index (χ0n) is 9.64. The number of methoxy groups -OCH3 is 2. The SMILES string of the molecule is COc1cccc(C[C@H](C#N)C(=O)O)c1OC. The first-order valence-corrected chi connectivity index (χ1v) is 4.96. The minimum atomic E-state index is -1.14. The van der Waals surface area contributed by atoms with Gasteiger partial charge in [0.2, 0.25) is 0 Å². The number of hydrogen-bond acceptors (Lipinski definition) is 4. The monoisotopic (exact) mass is 235 g/mol. The number of nitriles is 1. The molecule has 0 saturated heterocycles. The molecule has 17 heavy (non-hydrogen) atoms. The third-order valence-electron chi connectivity index (χ3n) is 2.36. The minimum absolute atomic E-state index is 0.0895. The fourth-order valence-electron chi connectivity index (χ4n) is 1.52. The van der Waals surface area contributed by atoms with Gasteiger partial charge in [0.15, 0.2) is 11.5 Å². The van der Waals surface area contributed by atoms with E-state index in [1.807, 2.05) is 0 Å². The summed E-state index contributed by atoms with van der Waals surface area (Å²) in [6, 6.07) is 6.90. The average Bonchev–Trinajstić information content (AvgIpc) is 2.34. The maximum absolute atomic E-state index is 10.8. The Kier molecular flexibility index (Phi) is 4.35. The molecule has 0 amide bonds. The van der Waals surface area contributed by atoms with Crippen LogP contribution in [0.3, 0.4) is 0 Å². The van der Waals surface area contributed by atoms with E-state index in [4.69, 9.17) is 19.8 Å². The van der Waals surface area contributed by atoms with Crippen LogP contribution in [0.5, 0.6) is 11.5 Å². The molecule has 0 saturated carbocycles. The lowest BCUT2D eigenvalue weighted by Gasteiger charge is -2.13. The first-order chi connectivity index (χ1) is 8.13. The highest BCUT2D eigenvalue weighted by Crippen LogP contribution is 2.32. The molecule has 5 nitrogen and oxygen atoms in total. The smallest absolute Gasteiger partial charge is 0.321 e. The van der Waals surface area contributed by atoms with Crippen molar-refractivity contribution in [3.63, 3.8) is 0 Å². The van der Waals surface area contributed by atoms with Crippen LogP contribution >= 0.6 is 0 Å². The van der Waals surface area contributed by atoms with Gasteiger partial charge in [-0.1, -0.05) is 12.1 Å². The first kappa shape index (κ1) is 12.8. The summed E-state index contributed by atoms with van der Waals surface area (Å²) in [5, 5.41) is 17.6. The van der Waals surface area contributed by atoms with Gasteiger partial charge >= 0.3 is 5.97 Å². The second-order valence-corrected chi connectivity index (χ2v) is 3.38. The average molecular weight is 235 g/mol. The van der Waals surface area contributed by atoms with Crippen molar-refractivity contribution in [1.82, 2.24) is 0 Å². The Morgan fingerprint density at radius 2 is 2.18 bits per heavy atom. The van der Waals surface area contributed by atoms with Gasteiger partial charge in [0.25, 0.3) is 0 Å². The zero-order valence-corrected chi connectivity index (χ0v) is 9.64. The predicted molar refractivity (Wildman–Crippen MR) is 60.0 cm³/mol. The molecule has 0 heterocycles. The quantitative estimate of drug-likeness (QED) is 0.835. The summed E-state index contributed by atoms with van der Waals surface area (Å²) in [5.41, 5.74) is 0.640. The third-order valence-corrected chi connectivity index (χ3v) is 2.36. The van der Waals surface area contributed by atoms with Crippen molar-refractivity contribution < 1.29 is 19.4 Å². The lowest BCUT2D eigenvalue weighted by atomic mass is 10.00. The van der Waals surface area contributed by atoms with Crippen molar-refractivity contribution in [3.8, 4) is 17.6 Å². The van der Waals surface area contributed by atoms with Gasteiger partial charge in [0.1, 0.15) is 5.92 Å². The molecular formula is C12H13NO4.